The quantitative estimate of drug-likeness (QED) is 0.873. The van der Waals surface area contributed by atoms with Gasteiger partial charge >= 0.3 is 0 Å². The summed E-state index contributed by atoms with van der Waals surface area (Å²) >= 11 is 6.75. The van der Waals surface area contributed by atoms with E-state index in [1.165, 1.54) is 5.56 Å². The lowest BCUT2D eigenvalue weighted by Crippen LogP contribution is -2.25. The highest BCUT2D eigenvalue weighted by Gasteiger charge is 2.05. The Morgan fingerprint density at radius 2 is 2.22 bits per heavy atom. The summed E-state index contributed by atoms with van der Waals surface area (Å²) in [7, 11) is 0. The number of aromatic nitrogens is 1. The maximum atomic E-state index is 11.6. The van der Waals surface area contributed by atoms with Crippen LogP contribution in [0, 0.1) is 0 Å². The molecular weight excluding hydrogens is 332 g/mol. The van der Waals surface area contributed by atoms with E-state index in [9.17, 15) is 4.79 Å². The van der Waals surface area contributed by atoms with Gasteiger partial charge in [-0.2, -0.15) is 0 Å². The van der Waals surface area contributed by atoms with Crippen LogP contribution in [0.25, 0.3) is 0 Å². The van der Waals surface area contributed by atoms with Crippen molar-refractivity contribution in [2.75, 3.05) is 6.54 Å². The molecule has 18 heavy (non-hydrogen) atoms. The predicted octanol–water partition coefficient (Wildman–Crippen LogP) is 3.26. The normalized spacial score (nSPS) is 10.5. The fourth-order valence-corrected chi connectivity index (χ4v) is 3.47. The third-order valence-corrected chi connectivity index (χ3v) is 5.11. The smallest absolute Gasteiger partial charge is 0.220 e. The molecule has 0 aliphatic heterocycles. The second kappa shape index (κ2) is 7.01. The number of hydrogen-bond donors (Lipinski definition) is 1. The summed E-state index contributed by atoms with van der Waals surface area (Å²) in [5.41, 5.74) is 1.20. The standard InChI is InChI=1S/C12H13BrN2OS2/c13-12-9(4-7-18-12)1-2-10(16)14-5-3-11-15-6-8-17-11/h4,6-8H,1-3,5H2,(H,14,16). The van der Waals surface area contributed by atoms with Crippen molar-refractivity contribution in [3.05, 3.63) is 37.4 Å². The molecule has 2 aromatic heterocycles. The number of halogens is 1. The van der Waals surface area contributed by atoms with Gasteiger partial charge in [0.05, 0.1) is 8.79 Å². The van der Waals surface area contributed by atoms with E-state index in [4.69, 9.17) is 0 Å². The molecule has 6 heteroatoms. The molecule has 0 unspecified atom stereocenters. The van der Waals surface area contributed by atoms with Crippen LogP contribution in [0.2, 0.25) is 0 Å². The van der Waals surface area contributed by atoms with Gasteiger partial charge in [-0.05, 0) is 39.4 Å². The van der Waals surface area contributed by atoms with Crippen LogP contribution in [-0.2, 0) is 17.6 Å². The number of aryl methyl sites for hydroxylation is 1. The highest BCUT2D eigenvalue weighted by atomic mass is 79.9. The zero-order chi connectivity index (χ0) is 12.8. The van der Waals surface area contributed by atoms with Crippen molar-refractivity contribution in [2.24, 2.45) is 0 Å². The summed E-state index contributed by atoms with van der Waals surface area (Å²) in [6.45, 7) is 0.664. The molecule has 0 bridgehead atoms. The van der Waals surface area contributed by atoms with Gasteiger partial charge in [0.1, 0.15) is 0 Å². The van der Waals surface area contributed by atoms with Gasteiger partial charge in [-0.3, -0.25) is 4.79 Å². The first-order valence-electron chi connectivity index (χ1n) is 5.62. The van der Waals surface area contributed by atoms with Crippen molar-refractivity contribution in [1.29, 1.82) is 0 Å². The summed E-state index contributed by atoms with van der Waals surface area (Å²) in [6, 6.07) is 2.05. The highest BCUT2D eigenvalue weighted by molar-refractivity contribution is 9.11. The molecule has 0 aliphatic carbocycles. The Hall–Kier alpha value is -0.720. The third-order valence-electron chi connectivity index (χ3n) is 2.46. The van der Waals surface area contributed by atoms with Crippen molar-refractivity contribution in [3.8, 4) is 0 Å². The topological polar surface area (TPSA) is 42.0 Å². The van der Waals surface area contributed by atoms with Gasteiger partial charge in [-0.25, -0.2) is 4.98 Å². The lowest BCUT2D eigenvalue weighted by molar-refractivity contribution is -0.121. The first-order valence-corrected chi connectivity index (χ1v) is 8.18. The van der Waals surface area contributed by atoms with Crippen molar-refractivity contribution >= 4 is 44.5 Å². The second-order valence-electron chi connectivity index (χ2n) is 3.75. The Morgan fingerprint density at radius 1 is 1.33 bits per heavy atom. The van der Waals surface area contributed by atoms with Gasteiger partial charge in [0.2, 0.25) is 5.91 Å². The Morgan fingerprint density at radius 3 is 2.89 bits per heavy atom. The van der Waals surface area contributed by atoms with Gasteiger partial charge in [-0.1, -0.05) is 0 Å². The number of nitrogens with one attached hydrogen (secondary N) is 1. The van der Waals surface area contributed by atoms with Crippen molar-refractivity contribution in [1.82, 2.24) is 10.3 Å². The maximum Gasteiger partial charge on any atom is 0.220 e. The number of carbonyl (C=O) groups is 1. The van der Waals surface area contributed by atoms with E-state index in [-0.39, 0.29) is 5.91 Å². The molecule has 96 valence electrons. The molecule has 0 spiro atoms. The van der Waals surface area contributed by atoms with Crippen LogP contribution in [0.4, 0.5) is 0 Å². The Bertz CT molecular complexity index is 496. The van der Waals surface area contributed by atoms with Crippen LogP contribution in [0.1, 0.15) is 17.0 Å². The number of hydrogen-bond acceptors (Lipinski definition) is 4. The second-order valence-corrected chi connectivity index (χ2v) is 6.96. The molecule has 1 N–H and O–H groups in total. The zero-order valence-electron chi connectivity index (χ0n) is 9.69. The molecule has 0 radical (unpaired) electrons. The number of nitrogens with zero attached hydrogens (tertiary/aromatic N) is 1. The third kappa shape index (κ3) is 4.19. The monoisotopic (exact) mass is 344 g/mol. The van der Waals surface area contributed by atoms with E-state index in [0.717, 1.165) is 21.6 Å². The molecule has 2 heterocycles. The lowest BCUT2D eigenvalue weighted by Gasteiger charge is -2.03. The van der Waals surface area contributed by atoms with Crippen LogP contribution in [-0.4, -0.2) is 17.4 Å². The molecular formula is C12H13BrN2OS2. The number of thiophene rings is 1. The van der Waals surface area contributed by atoms with Crippen LogP contribution in [0.3, 0.4) is 0 Å². The van der Waals surface area contributed by atoms with E-state index in [1.54, 1.807) is 28.9 Å². The minimum atomic E-state index is 0.102. The largest absolute Gasteiger partial charge is 0.356 e. The van der Waals surface area contributed by atoms with E-state index >= 15 is 0 Å². The molecule has 0 saturated heterocycles. The van der Waals surface area contributed by atoms with Crippen LogP contribution < -0.4 is 5.32 Å². The molecule has 2 rings (SSSR count). The van der Waals surface area contributed by atoms with Crippen molar-refractivity contribution in [2.45, 2.75) is 19.3 Å². The fourth-order valence-electron chi connectivity index (χ4n) is 1.52. The van der Waals surface area contributed by atoms with Gasteiger partial charge in [0, 0.05) is 31.0 Å². The van der Waals surface area contributed by atoms with E-state index < -0.39 is 0 Å². The van der Waals surface area contributed by atoms with E-state index in [2.05, 4.69) is 32.3 Å². The Labute approximate surface area is 122 Å². The number of amides is 1. The average molecular weight is 345 g/mol. The molecule has 0 saturated carbocycles. The van der Waals surface area contributed by atoms with E-state index in [0.29, 0.717) is 13.0 Å². The molecule has 0 fully saturated rings. The van der Waals surface area contributed by atoms with Gasteiger partial charge in [0.25, 0.3) is 0 Å². The Balaban J connectivity index is 1.65. The molecule has 1 amide bonds. The van der Waals surface area contributed by atoms with E-state index in [1.807, 2.05) is 10.8 Å². The molecule has 3 nitrogen and oxygen atoms in total. The maximum absolute atomic E-state index is 11.6. The minimum Gasteiger partial charge on any atom is -0.356 e. The summed E-state index contributed by atoms with van der Waals surface area (Å²) in [4.78, 5) is 15.8. The zero-order valence-corrected chi connectivity index (χ0v) is 12.9. The Kier molecular flexibility index (Phi) is 5.34. The molecule has 0 aromatic carbocycles. The first-order chi connectivity index (χ1) is 8.75. The molecule has 0 aliphatic rings. The highest BCUT2D eigenvalue weighted by Crippen LogP contribution is 2.24. The molecule has 0 atom stereocenters. The molecule has 2 aromatic rings. The summed E-state index contributed by atoms with van der Waals surface area (Å²) in [5, 5.41) is 7.96. The SMILES string of the molecule is O=C(CCc1ccsc1Br)NCCc1nccs1. The van der Waals surface area contributed by atoms with Crippen LogP contribution >= 0.6 is 38.6 Å². The number of carbonyl (C=O) groups excluding carboxylic acids is 1. The van der Waals surface area contributed by atoms with Gasteiger partial charge in [0.15, 0.2) is 0 Å². The average Bonchev–Trinajstić information content (AvgIpc) is 2.98. The minimum absolute atomic E-state index is 0.102. The predicted molar refractivity (Wildman–Crippen MR) is 79.2 cm³/mol. The lowest BCUT2D eigenvalue weighted by atomic mass is 10.2. The summed E-state index contributed by atoms with van der Waals surface area (Å²) in [5.74, 6) is 0.102. The van der Waals surface area contributed by atoms with Gasteiger partial charge in [-0.15, -0.1) is 22.7 Å². The van der Waals surface area contributed by atoms with Crippen LogP contribution in [0.15, 0.2) is 26.8 Å². The summed E-state index contributed by atoms with van der Waals surface area (Å²) < 4.78 is 1.12. The van der Waals surface area contributed by atoms with Crippen LogP contribution in [0.5, 0.6) is 0 Å². The summed E-state index contributed by atoms with van der Waals surface area (Å²) in [6.07, 6.45) is 3.92. The number of rotatable bonds is 6. The fraction of sp³-hybridized carbons (Fsp3) is 0.333. The first kappa shape index (κ1) is 13.7. The van der Waals surface area contributed by atoms with Gasteiger partial charge < -0.3 is 5.32 Å². The van der Waals surface area contributed by atoms with Crippen molar-refractivity contribution in [3.63, 3.8) is 0 Å². The number of thiazole rings is 1. The van der Waals surface area contributed by atoms with Crippen molar-refractivity contribution < 1.29 is 4.79 Å².